The molecule has 37 heavy (non-hydrogen) atoms. The smallest absolute Gasteiger partial charge is 0.265 e. The summed E-state index contributed by atoms with van der Waals surface area (Å²) in [6.07, 6.45) is 1.84. The Morgan fingerprint density at radius 2 is 1.84 bits per heavy atom. The molecule has 10 heteroatoms. The predicted octanol–water partition coefficient (Wildman–Crippen LogP) is 3.72. The van der Waals surface area contributed by atoms with Crippen LogP contribution in [0.15, 0.2) is 58.6 Å². The summed E-state index contributed by atoms with van der Waals surface area (Å²) < 4.78 is 16.6. The maximum Gasteiger partial charge on any atom is 0.265 e. The normalized spacial score (nSPS) is 17.4. The maximum atomic E-state index is 13.5. The van der Waals surface area contributed by atoms with Crippen LogP contribution in [0.1, 0.15) is 23.6 Å². The van der Waals surface area contributed by atoms with Gasteiger partial charge in [-0.15, -0.1) is 0 Å². The van der Waals surface area contributed by atoms with Gasteiger partial charge in [0.05, 0.1) is 17.9 Å². The molecule has 190 valence electrons. The monoisotopic (exact) mass is 518 g/mol. The molecule has 0 saturated carbocycles. The molecule has 1 unspecified atom stereocenters. The lowest BCUT2D eigenvalue weighted by atomic mass is 10.1. The third-order valence-electron chi connectivity index (χ3n) is 7.19. The van der Waals surface area contributed by atoms with Crippen LogP contribution in [-0.4, -0.2) is 62.1 Å². The molecule has 0 aliphatic carbocycles. The van der Waals surface area contributed by atoms with Crippen molar-refractivity contribution in [1.82, 2.24) is 24.2 Å². The van der Waals surface area contributed by atoms with Crippen LogP contribution in [0, 0.1) is 19.7 Å². The molecular formula is C27H27FN6O2S. The molecule has 6 rings (SSSR count). The van der Waals surface area contributed by atoms with Crippen molar-refractivity contribution in [3.8, 4) is 5.69 Å². The lowest BCUT2D eigenvalue weighted by Gasteiger charge is -2.36. The summed E-state index contributed by atoms with van der Waals surface area (Å²) in [4.78, 5) is 35.5. The van der Waals surface area contributed by atoms with Gasteiger partial charge in [-0.25, -0.2) is 14.1 Å². The van der Waals surface area contributed by atoms with E-state index in [9.17, 15) is 14.0 Å². The number of thioether (sulfide) groups is 1. The first-order valence-electron chi connectivity index (χ1n) is 12.4. The van der Waals surface area contributed by atoms with Crippen molar-refractivity contribution in [3.63, 3.8) is 0 Å². The van der Waals surface area contributed by atoms with E-state index in [0.717, 1.165) is 22.5 Å². The van der Waals surface area contributed by atoms with Crippen molar-refractivity contribution in [2.24, 2.45) is 0 Å². The summed E-state index contributed by atoms with van der Waals surface area (Å²) in [7, 11) is 0. The molecule has 2 aliphatic rings. The van der Waals surface area contributed by atoms with E-state index in [1.165, 1.54) is 23.9 Å². The molecule has 0 radical (unpaired) electrons. The summed E-state index contributed by atoms with van der Waals surface area (Å²) in [5.74, 6) is 0.412. The van der Waals surface area contributed by atoms with Gasteiger partial charge in [-0.05, 0) is 49.7 Å². The van der Waals surface area contributed by atoms with E-state index in [1.807, 2.05) is 30.9 Å². The van der Waals surface area contributed by atoms with E-state index in [2.05, 4.69) is 16.1 Å². The number of rotatable bonds is 4. The molecule has 1 fully saturated rings. The number of amides is 1. The lowest BCUT2D eigenvalue weighted by Crippen LogP contribution is -2.49. The molecular weight excluding hydrogens is 491 g/mol. The van der Waals surface area contributed by atoms with E-state index >= 15 is 0 Å². The van der Waals surface area contributed by atoms with Crippen LogP contribution in [0.2, 0.25) is 0 Å². The van der Waals surface area contributed by atoms with Crippen LogP contribution in [0.5, 0.6) is 0 Å². The molecule has 1 amide bonds. The first-order chi connectivity index (χ1) is 17.9. The summed E-state index contributed by atoms with van der Waals surface area (Å²) in [6.45, 7) is 6.63. The highest BCUT2D eigenvalue weighted by Crippen LogP contribution is 2.34. The summed E-state index contributed by atoms with van der Waals surface area (Å²) >= 11 is 1.51. The van der Waals surface area contributed by atoms with Gasteiger partial charge in [0, 0.05) is 44.0 Å². The number of nitrogens with zero attached hydrogens (tertiary/aromatic N) is 6. The number of hydrogen-bond donors (Lipinski definition) is 0. The lowest BCUT2D eigenvalue weighted by molar-refractivity contribution is -0.132. The van der Waals surface area contributed by atoms with E-state index in [-0.39, 0.29) is 29.7 Å². The maximum absolute atomic E-state index is 13.5. The van der Waals surface area contributed by atoms with Crippen LogP contribution in [0.25, 0.3) is 16.7 Å². The molecule has 2 aliphatic heterocycles. The average molecular weight is 519 g/mol. The SMILES string of the molecule is Cc1ccc(-n2ncc3c(=O)n4c(nc32)SCC4CC(=O)N2CCN(c3ccc(F)cc3)CC2)c(C)c1. The Balaban J connectivity index is 1.19. The first-order valence-corrected chi connectivity index (χ1v) is 13.4. The standard InChI is InChI=1S/C27H27FN6O2S/c1-17-3-8-23(18(2)13-17)34-25-22(15-29-34)26(36)33-21(16-37-27(33)30-25)14-24(35)32-11-9-31(10-12-32)20-6-4-19(28)5-7-20/h3-8,13,15,21H,9-12,14,16H2,1-2H3. The highest BCUT2D eigenvalue weighted by atomic mass is 32.2. The van der Waals surface area contributed by atoms with Crippen LogP contribution in [0.3, 0.4) is 0 Å². The molecule has 2 aromatic heterocycles. The van der Waals surface area contributed by atoms with Crippen LogP contribution >= 0.6 is 11.8 Å². The van der Waals surface area contributed by atoms with Crippen molar-refractivity contribution in [3.05, 3.63) is 76.0 Å². The number of fused-ring (bicyclic) bond motifs is 2. The number of piperazine rings is 1. The molecule has 0 bridgehead atoms. The van der Waals surface area contributed by atoms with Crippen LogP contribution in [-0.2, 0) is 4.79 Å². The van der Waals surface area contributed by atoms with Gasteiger partial charge in [-0.1, -0.05) is 29.5 Å². The minimum atomic E-state index is -0.258. The average Bonchev–Trinajstić information content (AvgIpc) is 3.50. The van der Waals surface area contributed by atoms with Gasteiger partial charge in [0.2, 0.25) is 5.91 Å². The molecule has 1 atom stereocenters. The van der Waals surface area contributed by atoms with Crippen LogP contribution < -0.4 is 10.5 Å². The Labute approximate surface area is 217 Å². The Morgan fingerprint density at radius 1 is 1.08 bits per heavy atom. The highest BCUT2D eigenvalue weighted by Gasteiger charge is 2.32. The van der Waals surface area contributed by atoms with Crippen molar-refractivity contribution >= 4 is 34.4 Å². The van der Waals surface area contributed by atoms with Crippen molar-refractivity contribution in [1.29, 1.82) is 0 Å². The topological polar surface area (TPSA) is 76.3 Å². The number of aryl methyl sites for hydroxylation is 2. The Bertz CT molecular complexity index is 1560. The molecule has 2 aromatic carbocycles. The zero-order valence-corrected chi connectivity index (χ0v) is 21.5. The highest BCUT2D eigenvalue weighted by molar-refractivity contribution is 7.99. The third kappa shape index (κ3) is 4.29. The number of anilines is 1. The molecule has 1 saturated heterocycles. The summed E-state index contributed by atoms with van der Waals surface area (Å²) in [5, 5.41) is 5.57. The van der Waals surface area contributed by atoms with Gasteiger partial charge >= 0.3 is 0 Å². The second-order valence-electron chi connectivity index (χ2n) is 9.67. The minimum absolute atomic E-state index is 0.0372. The fourth-order valence-electron chi connectivity index (χ4n) is 5.20. The van der Waals surface area contributed by atoms with E-state index < -0.39 is 0 Å². The van der Waals surface area contributed by atoms with E-state index in [4.69, 9.17) is 4.98 Å². The molecule has 4 aromatic rings. The summed E-state index contributed by atoms with van der Waals surface area (Å²) in [6, 6.07) is 12.3. The zero-order chi connectivity index (χ0) is 25.7. The van der Waals surface area contributed by atoms with Gasteiger partial charge in [0.25, 0.3) is 5.56 Å². The number of carbonyl (C=O) groups is 1. The predicted molar refractivity (Wildman–Crippen MR) is 142 cm³/mol. The summed E-state index contributed by atoms with van der Waals surface area (Å²) in [5.41, 5.74) is 4.46. The quantitative estimate of drug-likeness (QED) is 0.384. The van der Waals surface area contributed by atoms with Crippen molar-refractivity contribution in [2.45, 2.75) is 31.5 Å². The third-order valence-corrected chi connectivity index (χ3v) is 8.28. The zero-order valence-electron chi connectivity index (χ0n) is 20.7. The number of hydrogen-bond acceptors (Lipinski definition) is 6. The first kappa shape index (κ1) is 23.7. The Hall–Kier alpha value is -3.66. The van der Waals surface area contributed by atoms with Crippen molar-refractivity contribution in [2.75, 3.05) is 36.8 Å². The minimum Gasteiger partial charge on any atom is -0.368 e. The number of benzene rings is 2. The van der Waals surface area contributed by atoms with Gasteiger partial charge < -0.3 is 9.80 Å². The second-order valence-corrected chi connectivity index (χ2v) is 10.7. The van der Waals surface area contributed by atoms with Gasteiger partial charge in [0.15, 0.2) is 10.8 Å². The van der Waals surface area contributed by atoms with Gasteiger partial charge in [-0.2, -0.15) is 5.10 Å². The second kappa shape index (κ2) is 9.33. The fraction of sp³-hybridized carbons (Fsp3) is 0.333. The Morgan fingerprint density at radius 3 is 2.57 bits per heavy atom. The number of halogens is 1. The molecule has 4 heterocycles. The number of carbonyl (C=O) groups excluding carboxylic acids is 1. The number of aromatic nitrogens is 4. The van der Waals surface area contributed by atoms with E-state index in [1.54, 1.807) is 27.6 Å². The van der Waals surface area contributed by atoms with Gasteiger partial charge in [0.1, 0.15) is 11.2 Å². The molecule has 0 spiro atoms. The van der Waals surface area contributed by atoms with Crippen molar-refractivity contribution < 1.29 is 9.18 Å². The molecule has 0 N–H and O–H groups in total. The largest absolute Gasteiger partial charge is 0.368 e. The fourth-order valence-corrected chi connectivity index (χ4v) is 6.33. The Kier molecular flexibility index (Phi) is 5.98. The van der Waals surface area contributed by atoms with Crippen LogP contribution in [0.4, 0.5) is 10.1 Å². The van der Waals surface area contributed by atoms with E-state index in [0.29, 0.717) is 48.1 Å². The van der Waals surface area contributed by atoms with Gasteiger partial charge in [-0.3, -0.25) is 14.2 Å². The molecule has 8 nitrogen and oxygen atoms in total.